The highest BCUT2D eigenvalue weighted by Crippen LogP contribution is 2.21. The average molecular weight is 253 g/mol. The third kappa shape index (κ3) is 2.15. The van der Waals surface area contributed by atoms with Gasteiger partial charge in [0, 0.05) is 5.56 Å². The van der Waals surface area contributed by atoms with Gasteiger partial charge in [-0.2, -0.15) is 0 Å². The number of hydrogen-bond donors (Lipinski definition) is 1. The van der Waals surface area contributed by atoms with Gasteiger partial charge in [0.05, 0.1) is 10.6 Å². The first-order valence-corrected chi connectivity index (χ1v) is 5.77. The smallest absolute Gasteiger partial charge is 0.365 e. The molecule has 1 aromatic carbocycles. The molecule has 0 fully saturated rings. The second-order valence-corrected chi connectivity index (χ2v) is 4.10. The molecule has 0 aliphatic heterocycles. The van der Waals surface area contributed by atoms with E-state index in [-0.39, 0.29) is 0 Å². The summed E-state index contributed by atoms with van der Waals surface area (Å²) in [7, 11) is 0. The Morgan fingerprint density at radius 2 is 1.89 bits per heavy atom. The third-order valence-corrected chi connectivity index (χ3v) is 2.78. The van der Waals surface area contributed by atoms with E-state index in [1.165, 1.54) is 0 Å². The zero-order chi connectivity index (χ0) is 13.2. The summed E-state index contributed by atoms with van der Waals surface area (Å²) in [6, 6.07) is 13.4. The highest BCUT2D eigenvalue weighted by molar-refractivity contribution is 5.59. The fourth-order valence-corrected chi connectivity index (χ4v) is 1.82. The van der Waals surface area contributed by atoms with Crippen molar-refractivity contribution in [3.05, 3.63) is 69.2 Å². The first-order chi connectivity index (χ1) is 9.24. The molecule has 1 N–H and O–H groups in total. The van der Waals surface area contributed by atoms with Gasteiger partial charge in [-0.15, -0.1) is 0 Å². The van der Waals surface area contributed by atoms with Crippen molar-refractivity contribution in [1.29, 1.82) is 0 Å². The van der Waals surface area contributed by atoms with Crippen LogP contribution in [0.1, 0.15) is 5.76 Å². The lowest BCUT2D eigenvalue weighted by atomic mass is 10.2. The zero-order valence-electron chi connectivity index (χ0n) is 10.1. The average Bonchev–Trinajstić information content (AvgIpc) is 3.02. The molecule has 0 atom stereocenters. The number of aromatic amines is 1. The second-order valence-electron chi connectivity index (χ2n) is 4.10. The van der Waals surface area contributed by atoms with Gasteiger partial charge in [0.15, 0.2) is 0 Å². The lowest BCUT2D eigenvalue weighted by Gasteiger charge is -1.94. The minimum absolute atomic E-state index is 0.369. The van der Waals surface area contributed by atoms with Gasteiger partial charge in [0.1, 0.15) is 11.5 Å². The van der Waals surface area contributed by atoms with Crippen molar-refractivity contribution in [2.75, 3.05) is 0 Å². The maximum atomic E-state index is 11.4. The van der Waals surface area contributed by atoms with Gasteiger partial charge in [0.2, 0.25) is 0 Å². The van der Waals surface area contributed by atoms with E-state index in [0.29, 0.717) is 16.3 Å². The molecule has 2 aromatic heterocycles. The van der Waals surface area contributed by atoms with Crippen LogP contribution < -0.4 is 16.2 Å². The van der Waals surface area contributed by atoms with Crippen LogP contribution in [0.2, 0.25) is 0 Å². The van der Waals surface area contributed by atoms with Crippen molar-refractivity contribution in [1.82, 2.24) is 5.16 Å². The molecule has 0 aliphatic carbocycles. The van der Waals surface area contributed by atoms with Crippen molar-refractivity contribution in [2.45, 2.75) is 0 Å². The fourth-order valence-electron chi connectivity index (χ4n) is 1.82. The predicted molar refractivity (Wildman–Crippen MR) is 71.8 cm³/mol. The Bertz CT molecular complexity index is 822. The summed E-state index contributed by atoms with van der Waals surface area (Å²) in [5, 5.41) is 3.23. The van der Waals surface area contributed by atoms with E-state index in [9.17, 15) is 4.79 Å². The van der Waals surface area contributed by atoms with Gasteiger partial charge in [-0.25, -0.2) is 9.95 Å². The molecular weight excluding hydrogens is 242 g/mol. The van der Waals surface area contributed by atoms with Gasteiger partial charge >= 0.3 is 5.63 Å². The maximum absolute atomic E-state index is 11.4. The Labute approximate surface area is 108 Å². The predicted octanol–water partition coefficient (Wildman–Crippen LogP) is 1.47. The molecule has 4 heteroatoms. The van der Waals surface area contributed by atoms with Gasteiger partial charge in [0.25, 0.3) is 0 Å². The topological polar surface area (TPSA) is 59.1 Å². The lowest BCUT2D eigenvalue weighted by molar-refractivity contribution is 0.386. The van der Waals surface area contributed by atoms with Crippen LogP contribution in [0.25, 0.3) is 24.0 Å². The molecule has 3 rings (SSSR count). The molecule has 0 saturated carbocycles. The number of furan rings is 1. The Hall–Kier alpha value is -2.75. The molecule has 0 amide bonds. The number of aromatic nitrogens is 1. The Morgan fingerprint density at radius 3 is 2.58 bits per heavy atom. The monoisotopic (exact) mass is 253 g/mol. The Morgan fingerprint density at radius 1 is 1.11 bits per heavy atom. The number of nitrogens with one attached hydrogen (secondary N) is 1. The summed E-state index contributed by atoms with van der Waals surface area (Å²) in [6.45, 7) is 3.68. The van der Waals surface area contributed by atoms with Crippen molar-refractivity contribution < 1.29 is 8.94 Å². The van der Waals surface area contributed by atoms with Crippen molar-refractivity contribution in [3.8, 4) is 11.3 Å². The summed E-state index contributed by atoms with van der Waals surface area (Å²) in [4.78, 5) is 11.4. The van der Waals surface area contributed by atoms with E-state index in [1.807, 2.05) is 36.4 Å². The van der Waals surface area contributed by atoms with Crippen LogP contribution in [-0.4, -0.2) is 5.16 Å². The van der Waals surface area contributed by atoms with Gasteiger partial charge in [-0.3, -0.25) is 0 Å². The van der Waals surface area contributed by atoms with E-state index in [0.717, 1.165) is 11.3 Å². The first-order valence-electron chi connectivity index (χ1n) is 5.77. The fraction of sp³-hybridized carbons (Fsp3) is 0. The zero-order valence-corrected chi connectivity index (χ0v) is 10.1. The summed E-state index contributed by atoms with van der Waals surface area (Å²) in [6.07, 6.45) is 1.61. The highest BCUT2D eigenvalue weighted by atomic mass is 16.5. The molecule has 0 radical (unpaired) electrons. The second kappa shape index (κ2) is 4.49. The quantitative estimate of drug-likeness (QED) is 0.752. The molecule has 0 unspecified atom stereocenters. The van der Waals surface area contributed by atoms with E-state index < -0.39 is 5.63 Å². The van der Waals surface area contributed by atoms with Crippen LogP contribution >= 0.6 is 0 Å². The van der Waals surface area contributed by atoms with Crippen LogP contribution in [0.4, 0.5) is 0 Å². The van der Waals surface area contributed by atoms with Crippen molar-refractivity contribution in [2.24, 2.45) is 0 Å². The van der Waals surface area contributed by atoms with Gasteiger partial charge in [-0.1, -0.05) is 36.9 Å². The molecule has 0 saturated heterocycles. The number of H-pyrrole nitrogens is 1. The van der Waals surface area contributed by atoms with E-state index in [4.69, 9.17) is 4.42 Å². The van der Waals surface area contributed by atoms with E-state index in [2.05, 4.69) is 16.3 Å². The molecule has 0 aliphatic rings. The molecule has 94 valence electrons. The van der Waals surface area contributed by atoms with Crippen LogP contribution in [0.3, 0.4) is 0 Å². The van der Waals surface area contributed by atoms with Crippen LogP contribution in [0.15, 0.2) is 56.2 Å². The standard InChI is InChI=1S/C15H11NO3/c1-10-13(15(17)19-16-10)9-12-7-8-14(18-12)11-5-3-2-4-6-11/h2-9,16H,1H2/b13-9-. The van der Waals surface area contributed by atoms with Crippen LogP contribution in [-0.2, 0) is 0 Å². The Kier molecular flexibility index (Phi) is 2.68. The van der Waals surface area contributed by atoms with Gasteiger partial charge < -0.3 is 8.94 Å². The minimum atomic E-state index is -0.456. The summed E-state index contributed by atoms with van der Waals surface area (Å²) in [5.41, 5.74) is 0.528. The van der Waals surface area contributed by atoms with Crippen molar-refractivity contribution >= 4 is 12.7 Å². The lowest BCUT2D eigenvalue weighted by Crippen LogP contribution is -2.31. The number of hydrogen-bond acceptors (Lipinski definition) is 3. The molecule has 0 bridgehead atoms. The van der Waals surface area contributed by atoms with Crippen LogP contribution in [0, 0.1) is 0 Å². The minimum Gasteiger partial charge on any atom is -0.457 e. The highest BCUT2D eigenvalue weighted by Gasteiger charge is 2.03. The third-order valence-electron chi connectivity index (χ3n) is 2.78. The number of benzene rings is 1. The Balaban J connectivity index is 2.07. The van der Waals surface area contributed by atoms with Crippen molar-refractivity contribution in [3.63, 3.8) is 0 Å². The molecule has 19 heavy (non-hydrogen) atoms. The van der Waals surface area contributed by atoms with E-state index >= 15 is 0 Å². The SMILES string of the molecule is C=c1[nH]oc(=O)/c1=C\c1ccc(-c2ccccc2)o1. The first kappa shape index (κ1) is 11.3. The molecular formula is C15H11NO3. The largest absolute Gasteiger partial charge is 0.457 e. The summed E-state index contributed by atoms with van der Waals surface area (Å²) < 4.78 is 10.3. The molecule has 2 heterocycles. The molecule has 4 nitrogen and oxygen atoms in total. The van der Waals surface area contributed by atoms with Crippen LogP contribution in [0.5, 0.6) is 0 Å². The number of rotatable bonds is 2. The van der Waals surface area contributed by atoms with Gasteiger partial charge in [-0.05, 0) is 18.2 Å². The molecule has 0 spiro atoms. The molecule has 3 aromatic rings. The maximum Gasteiger partial charge on any atom is 0.365 e. The summed E-state index contributed by atoms with van der Waals surface area (Å²) in [5.74, 6) is 1.33. The van der Waals surface area contributed by atoms with E-state index in [1.54, 1.807) is 12.1 Å². The normalized spacial score (nSPS) is 11.9. The summed E-state index contributed by atoms with van der Waals surface area (Å²) >= 11 is 0.